The van der Waals surface area contributed by atoms with Gasteiger partial charge in [-0.05, 0) is 107 Å². The van der Waals surface area contributed by atoms with E-state index < -0.39 is 142 Å². The van der Waals surface area contributed by atoms with Crippen LogP contribution in [-0.2, 0) is 33.3 Å². The van der Waals surface area contributed by atoms with Crippen LogP contribution in [0.15, 0.2) is 59.8 Å². The predicted molar refractivity (Wildman–Crippen MR) is 224 cm³/mol. The highest BCUT2D eigenvalue weighted by Crippen LogP contribution is 2.72. The standard InChI is InChI=1S/C49H62F2O13/c1-26-12-14-42(4)29(18-26)8-10-32-34-19-27(2)48(59,44(34,6)22-36(53)46(32,42)50)38(55)24-63-40(57)61-16-17-62-41(58)64-25-39(56)49(60)28(3)20-35-33-11-9-30-21-31(52)13-15-43(30,5)47(33,51)37(54)23-45(35,49)7/h12-15,18,21,27-28,32-37,53-54,59-60H,1,8-11,16-17,19-20,22-25H2,2-7H3/t27-,28-,32+,33+,34+,35+,36+,37+,42+,43+,44+,45+,46+,47+,48+,49+/m1/s1. The summed E-state index contributed by atoms with van der Waals surface area (Å²) in [6, 6.07) is 0. The average Bonchev–Trinajstić information content (AvgIpc) is 3.57. The van der Waals surface area contributed by atoms with E-state index in [0.29, 0.717) is 37.7 Å². The molecule has 0 heterocycles. The van der Waals surface area contributed by atoms with Crippen molar-refractivity contribution in [2.45, 2.75) is 128 Å². The van der Waals surface area contributed by atoms with Gasteiger partial charge in [0, 0.05) is 33.5 Å². The molecule has 0 saturated heterocycles. The van der Waals surface area contributed by atoms with Crippen molar-refractivity contribution >= 4 is 29.7 Å². The number of Topliss-reactive ketones (excluding diaryl/α,β-unsaturated/α-hetero) is 2. The molecule has 6 saturated carbocycles. The van der Waals surface area contributed by atoms with E-state index in [1.807, 2.05) is 6.08 Å². The van der Waals surface area contributed by atoms with Gasteiger partial charge in [0.25, 0.3) is 0 Å². The molecular weight excluding hydrogens is 835 g/mol. The fourth-order valence-corrected chi connectivity index (χ4v) is 15.2. The molecule has 0 unspecified atom stereocenters. The van der Waals surface area contributed by atoms with Crippen LogP contribution in [0.4, 0.5) is 18.4 Å². The Morgan fingerprint density at radius 3 is 1.52 bits per heavy atom. The van der Waals surface area contributed by atoms with Gasteiger partial charge < -0.3 is 39.4 Å². The molecule has 0 aliphatic heterocycles. The third-order valence-electron chi connectivity index (χ3n) is 18.6. The summed E-state index contributed by atoms with van der Waals surface area (Å²) < 4.78 is 55.1. The second-order valence-electron chi connectivity index (χ2n) is 21.1. The van der Waals surface area contributed by atoms with Gasteiger partial charge in [-0.3, -0.25) is 14.4 Å². The van der Waals surface area contributed by atoms with Crippen molar-refractivity contribution in [3.63, 3.8) is 0 Å². The quantitative estimate of drug-likeness (QED) is 0.153. The Bertz CT molecular complexity index is 2030. The largest absolute Gasteiger partial charge is 0.508 e. The van der Waals surface area contributed by atoms with Crippen LogP contribution in [0, 0.1) is 57.2 Å². The number of rotatable bonds is 9. The zero-order chi connectivity index (χ0) is 46.8. The number of ether oxygens (including phenoxy) is 4. The van der Waals surface area contributed by atoms with Crippen molar-refractivity contribution in [3.8, 4) is 0 Å². The fraction of sp³-hybridized carbons (Fsp3) is 0.694. The molecule has 8 aliphatic carbocycles. The summed E-state index contributed by atoms with van der Waals surface area (Å²) in [5, 5.41) is 47.5. The molecule has 8 aliphatic rings. The van der Waals surface area contributed by atoms with Crippen LogP contribution < -0.4 is 0 Å². The molecule has 4 N–H and O–H groups in total. The number of allylic oxidation sites excluding steroid dienone is 9. The molecular formula is C49H62F2O13. The monoisotopic (exact) mass is 896 g/mol. The molecule has 350 valence electrons. The van der Waals surface area contributed by atoms with E-state index in [0.717, 1.165) is 11.1 Å². The molecule has 0 aromatic carbocycles. The van der Waals surface area contributed by atoms with Crippen molar-refractivity contribution in [1.82, 2.24) is 0 Å². The average molecular weight is 897 g/mol. The number of carbonyl (C=O) groups is 5. The Kier molecular flexibility index (Phi) is 11.1. The van der Waals surface area contributed by atoms with Crippen molar-refractivity contribution in [2.75, 3.05) is 26.4 Å². The summed E-state index contributed by atoms with van der Waals surface area (Å²) in [7, 11) is 0. The van der Waals surface area contributed by atoms with Crippen molar-refractivity contribution in [3.05, 3.63) is 59.8 Å². The first-order valence-corrected chi connectivity index (χ1v) is 22.7. The zero-order valence-corrected chi connectivity index (χ0v) is 37.5. The molecule has 15 heteroatoms. The Hall–Kier alpha value is -4.05. The van der Waals surface area contributed by atoms with Crippen molar-refractivity contribution in [2.24, 2.45) is 57.2 Å². The number of hydrogen-bond donors (Lipinski definition) is 4. The number of aliphatic hydroxyl groups is 4. The number of halogens is 2. The number of aliphatic hydroxyl groups excluding tert-OH is 2. The molecule has 0 aromatic heterocycles. The highest BCUT2D eigenvalue weighted by atomic mass is 19.1. The molecule has 0 spiro atoms. The molecule has 16 atom stereocenters. The zero-order valence-electron chi connectivity index (χ0n) is 37.5. The maximum Gasteiger partial charge on any atom is 0.508 e. The van der Waals surface area contributed by atoms with Gasteiger partial charge in [0.15, 0.2) is 30.3 Å². The van der Waals surface area contributed by atoms with Gasteiger partial charge in [-0.1, -0.05) is 69.7 Å². The molecule has 6 fully saturated rings. The number of carbonyl (C=O) groups excluding carboxylic acids is 5. The molecule has 0 amide bonds. The second-order valence-corrected chi connectivity index (χ2v) is 21.1. The van der Waals surface area contributed by atoms with Gasteiger partial charge in [0.2, 0.25) is 11.6 Å². The van der Waals surface area contributed by atoms with Crippen molar-refractivity contribution in [1.29, 1.82) is 0 Å². The number of ketones is 3. The molecule has 0 radical (unpaired) electrons. The number of alkyl halides is 2. The third kappa shape index (κ3) is 6.00. The molecule has 0 aromatic rings. The van der Waals surface area contributed by atoms with Crippen LogP contribution in [0.2, 0.25) is 0 Å². The summed E-state index contributed by atoms with van der Waals surface area (Å²) in [6.45, 7) is 11.3. The van der Waals surface area contributed by atoms with Crippen LogP contribution >= 0.6 is 0 Å². The summed E-state index contributed by atoms with van der Waals surface area (Å²) >= 11 is 0. The highest BCUT2D eigenvalue weighted by Gasteiger charge is 2.77. The fourth-order valence-electron chi connectivity index (χ4n) is 15.2. The minimum atomic E-state index is -2.15. The molecule has 8 rings (SSSR count). The SMILES string of the molecule is C=C1C=C[C@@]2(C)C(=C1)CC[C@H]1[C@@H]3C[C@@H](C)[C@](O)(C(=O)COC(=O)OCCOC(=O)OCC(=O)[C@@]4(O)[C@H](C)C[C@H]5[C@@H]6CCC7=CC(=O)C=C[C@]7(C)[C@@]6(F)[C@@H](O)C[C@@]54C)[C@@]3(C)C[C@H](O)[C@@]12F. The minimum absolute atomic E-state index is 0.193. The summed E-state index contributed by atoms with van der Waals surface area (Å²) in [6.07, 6.45) is 5.87. The van der Waals surface area contributed by atoms with E-state index in [4.69, 9.17) is 18.9 Å². The smallest absolute Gasteiger partial charge is 0.431 e. The van der Waals surface area contributed by atoms with Crippen LogP contribution in [-0.4, -0.2) is 111 Å². The number of hydrogen-bond acceptors (Lipinski definition) is 13. The molecule has 0 bridgehead atoms. The summed E-state index contributed by atoms with van der Waals surface area (Å²) in [5.74, 6) is -5.60. The summed E-state index contributed by atoms with van der Waals surface area (Å²) in [4.78, 5) is 64.8. The molecule has 64 heavy (non-hydrogen) atoms. The summed E-state index contributed by atoms with van der Waals surface area (Å²) in [5.41, 5.74) is -11.0. The Morgan fingerprint density at radius 2 is 1.08 bits per heavy atom. The first-order valence-electron chi connectivity index (χ1n) is 22.7. The Morgan fingerprint density at radius 1 is 0.672 bits per heavy atom. The Balaban J connectivity index is 0.818. The van der Waals surface area contributed by atoms with Gasteiger partial charge >= 0.3 is 12.3 Å². The van der Waals surface area contributed by atoms with E-state index in [1.54, 1.807) is 53.7 Å². The third-order valence-corrected chi connectivity index (χ3v) is 18.6. The topological polar surface area (TPSA) is 203 Å². The predicted octanol–water partition coefficient (Wildman–Crippen LogP) is 6.11. The van der Waals surface area contributed by atoms with Gasteiger partial charge in [0.1, 0.15) is 24.4 Å². The first kappa shape index (κ1) is 46.5. The lowest BCUT2D eigenvalue weighted by molar-refractivity contribution is -0.219. The number of fused-ring (bicyclic) bond motifs is 10. The van der Waals surface area contributed by atoms with Crippen LogP contribution in [0.1, 0.15) is 92.9 Å². The van der Waals surface area contributed by atoms with E-state index in [2.05, 4.69) is 6.58 Å². The van der Waals surface area contributed by atoms with Crippen LogP contribution in [0.25, 0.3) is 0 Å². The first-order chi connectivity index (χ1) is 29.8. The van der Waals surface area contributed by atoms with Gasteiger partial charge in [-0.15, -0.1) is 0 Å². The maximum absolute atomic E-state index is 17.5. The lowest BCUT2D eigenvalue weighted by Gasteiger charge is -2.62. The van der Waals surface area contributed by atoms with E-state index in [9.17, 15) is 44.4 Å². The van der Waals surface area contributed by atoms with Crippen LogP contribution in [0.3, 0.4) is 0 Å². The molecule has 13 nitrogen and oxygen atoms in total. The lowest BCUT2D eigenvalue weighted by Crippen LogP contribution is -2.69. The normalized spacial score (nSPS) is 47.4. The van der Waals surface area contributed by atoms with Gasteiger partial charge in [-0.2, -0.15) is 0 Å². The minimum Gasteiger partial charge on any atom is -0.431 e. The van der Waals surface area contributed by atoms with Crippen LogP contribution in [0.5, 0.6) is 0 Å². The van der Waals surface area contributed by atoms with Crippen molar-refractivity contribution < 1.29 is 72.1 Å². The van der Waals surface area contributed by atoms with E-state index in [1.165, 1.54) is 18.2 Å². The Labute approximate surface area is 372 Å². The van der Waals surface area contributed by atoms with Gasteiger partial charge in [0.05, 0.1) is 12.2 Å². The van der Waals surface area contributed by atoms with E-state index >= 15 is 8.78 Å². The van der Waals surface area contributed by atoms with Gasteiger partial charge in [-0.25, -0.2) is 18.4 Å². The van der Waals surface area contributed by atoms with E-state index in [-0.39, 0.29) is 25.0 Å². The second kappa shape index (κ2) is 15.2. The maximum atomic E-state index is 17.5. The highest BCUT2D eigenvalue weighted by molar-refractivity contribution is 6.01. The lowest BCUT2D eigenvalue weighted by atomic mass is 9.44.